The normalized spacial score (nSPS) is 22.6. The van der Waals surface area contributed by atoms with Crippen molar-refractivity contribution in [1.29, 1.82) is 0 Å². The zero-order valence-electron chi connectivity index (χ0n) is 18.9. The standard InChI is InChI=1S/C23H28F3N3O4/c1-4-33-21(31)20-15(12-32-8-7-27)29-14-9-22(2,3)10-16(30)19(14)18(20)13-5-6-17(28-11-13)23(24,25)26/h5-6,11,18-19H,4,7-10,12,27H2,1-3H3. The minimum absolute atomic E-state index is 0.0409. The van der Waals surface area contributed by atoms with Crippen molar-refractivity contribution in [2.45, 2.75) is 45.7 Å². The third-order valence-electron chi connectivity index (χ3n) is 5.68. The molecule has 1 aliphatic carbocycles. The van der Waals surface area contributed by atoms with E-state index in [1.54, 1.807) is 6.92 Å². The predicted octanol–water partition coefficient (Wildman–Crippen LogP) is 3.44. The molecule has 180 valence electrons. The largest absolute Gasteiger partial charge is 0.463 e. The van der Waals surface area contributed by atoms with Gasteiger partial charge in [0.15, 0.2) is 0 Å². The molecule has 0 amide bonds. The molecule has 2 N–H and O–H groups in total. The number of rotatable bonds is 7. The summed E-state index contributed by atoms with van der Waals surface area (Å²) in [5.74, 6) is -2.46. The number of carbonyl (C=O) groups is 2. The van der Waals surface area contributed by atoms with Crippen LogP contribution in [0.4, 0.5) is 13.2 Å². The number of aliphatic imine (C=N–C) groups is 1. The van der Waals surface area contributed by atoms with Gasteiger partial charge in [0.2, 0.25) is 0 Å². The fourth-order valence-electron chi connectivity index (χ4n) is 4.43. The van der Waals surface area contributed by atoms with Gasteiger partial charge in [0.05, 0.1) is 37.0 Å². The van der Waals surface area contributed by atoms with Gasteiger partial charge >= 0.3 is 12.1 Å². The van der Waals surface area contributed by atoms with Crippen LogP contribution in [0.5, 0.6) is 0 Å². The van der Waals surface area contributed by atoms with E-state index in [4.69, 9.17) is 15.2 Å². The van der Waals surface area contributed by atoms with E-state index in [2.05, 4.69) is 9.98 Å². The van der Waals surface area contributed by atoms with Crippen LogP contribution < -0.4 is 5.73 Å². The van der Waals surface area contributed by atoms with Crippen molar-refractivity contribution in [3.8, 4) is 0 Å². The SMILES string of the molecule is CCOC(=O)C1=C(COCCN)N=C2CC(C)(C)CC(=O)C2C1c1ccc(C(F)(F)F)nc1. The number of Topliss-reactive ketones (excluding diaryl/α,β-unsaturated/α-hetero) is 1. The number of pyridine rings is 1. The monoisotopic (exact) mass is 467 g/mol. The molecule has 1 saturated carbocycles. The van der Waals surface area contributed by atoms with E-state index in [0.717, 1.165) is 12.3 Å². The zero-order valence-corrected chi connectivity index (χ0v) is 18.9. The van der Waals surface area contributed by atoms with Crippen LogP contribution in [0, 0.1) is 11.3 Å². The molecule has 1 fully saturated rings. The van der Waals surface area contributed by atoms with Crippen LogP contribution >= 0.6 is 0 Å². The van der Waals surface area contributed by atoms with Crippen molar-refractivity contribution in [2.75, 3.05) is 26.4 Å². The first kappa shape index (κ1) is 25.0. The first-order valence-corrected chi connectivity index (χ1v) is 10.8. The van der Waals surface area contributed by atoms with Crippen LogP contribution in [0.2, 0.25) is 0 Å². The van der Waals surface area contributed by atoms with Crippen molar-refractivity contribution in [2.24, 2.45) is 22.1 Å². The Morgan fingerprint density at radius 1 is 1.24 bits per heavy atom. The highest BCUT2D eigenvalue weighted by molar-refractivity contribution is 6.12. The second-order valence-corrected chi connectivity index (χ2v) is 8.94. The van der Waals surface area contributed by atoms with Crippen molar-refractivity contribution in [3.63, 3.8) is 0 Å². The maximum absolute atomic E-state index is 13.2. The summed E-state index contributed by atoms with van der Waals surface area (Å²) >= 11 is 0. The Hall–Kier alpha value is -2.59. The smallest absolute Gasteiger partial charge is 0.433 e. The highest BCUT2D eigenvalue weighted by Crippen LogP contribution is 2.47. The Bertz CT molecular complexity index is 968. The number of ketones is 1. The summed E-state index contributed by atoms with van der Waals surface area (Å²) in [5, 5.41) is 0. The van der Waals surface area contributed by atoms with Gasteiger partial charge in [0.1, 0.15) is 11.5 Å². The number of hydrogen-bond donors (Lipinski definition) is 1. The van der Waals surface area contributed by atoms with Crippen LogP contribution in [0.1, 0.15) is 50.8 Å². The number of carbonyl (C=O) groups excluding carboxylic acids is 2. The molecule has 3 rings (SSSR count). The highest BCUT2D eigenvalue weighted by Gasteiger charge is 2.48. The van der Waals surface area contributed by atoms with Crippen molar-refractivity contribution < 1.29 is 32.2 Å². The first-order chi connectivity index (χ1) is 15.5. The molecule has 7 nitrogen and oxygen atoms in total. The van der Waals surface area contributed by atoms with Crippen LogP contribution in [-0.2, 0) is 25.2 Å². The van der Waals surface area contributed by atoms with Gasteiger partial charge in [0, 0.05) is 30.8 Å². The lowest BCUT2D eigenvalue weighted by molar-refractivity contribution is -0.141. The maximum Gasteiger partial charge on any atom is 0.433 e. The lowest BCUT2D eigenvalue weighted by atomic mass is 9.63. The van der Waals surface area contributed by atoms with E-state index in [0.29, 0.717) is 23.4 Å². The molecule has 1 aromatic rings. The van der Waals surface area contributed by atoms with Crippen molar-refractivity contribution in [3.05, 3.63) is 40.9 Å². The number of halogens is 3. The highest BCUT2D eigenvalue weighted by atomic mass is 19.4. The first-order valence-electron chi connectivity index (χ1n) is 10.8. The van der Waals surface area contributed by atoms with Gasteiger partial charge < -0.3 is 15.2 Å². The number of aromatic nitrogens is 1. The topological polar surface area (TPSA) is 104 Å². The Labute approximate surface area is 190 Å². The third kappa shape index (κ3) is 5.50. The number of hydrogen-bond acceptors (Lipinski definition) is 7. The summed E-state index contributed by atoms with van der Waals surface area (Å²) < 4.78 is 50.0. The third-order valence-corrected chi connectivity index (χ3v) is 5.68. The molecule has 0 radical (unpaired) electrons. The molecular weight excluding hydrogens is 439 g/mol. The second kappa shape index (κ2) is 9.72. The molecular formula is C23H28F3N3O4. The fourth-order valence-corrected chi connectivity index (χ4v) is 4.43. The molecule has 0 bridgehead atoms. The molecule has 10 heteroatoms. The van der Waals surface area contributed by atoms with Gasteiger partial charge in [-0.05, 0) is 30.4 Å². The second-order valence-electron chi connectivity index (χ2n) is 8.94. The Kier molecular flexibility index (Phi) is 7.38. The number of ether oxygens (including phenoxy) is 2. The van der Waals surface area contributed by atoms with E-state index in [1.165, 1.54) is 6.07 Å². The molecule has 2 heterocycles. The van der Waals surface area contributed by atoms with Gasteiger partial charge in [-0.15, -0.1) is 0 Å². The van der Waals surface area contributed by atoms with Crippen LogP contribution in [0.15, 0.2) is 34.6 Å². The van der Waals surface area contributed by atoms with Gasteiger partial charge in [-0.25, -0.2) is 4.79 Å². The summed E-state index contributed by atoms with van der Waals surface area (Å²) in [6.07, 6.45) is -2.77. The molecule has 1 aliphatic heterocycles. The molecule has 0 aromatic carbocycles. The number of nitrogens with zero attached hydrogens (tertiary/aromatic N) is 2. The van der Waals surface area contributed by atoms with Crippen LogP contribution in [-0.4, -0.2) is 48.8 Å². The van der Waals surface area contributed by atoms with Gasteiger partial charge in [-0.3, -0.25) is 14.8 Å². The summed E-state index contributed by atoms with van der Waals surface area (Å²) in [6.45, 7) is 6.08. The van der Waals surface area contributed by atoms with E-state index >= 15 is 0 Å². The number of fused-ring (bicyclic) bond motifs is 1. The number of nitrogens with two attached hydrogens (primary N) is 1. The summed E-state index contributed by atoms with van der Waals surface area (Å²) in [5.41, 5.74) is 5.41. The molecule has 33 heavy (non-hydrogen) atoms. The molecule has 2 atom stereocenters. The average molecular weight is 467 g/mol. The van der Waals surface area contributed by atoms with Gasteiger partial charge in [0.25, 0.3) is 0 Å². The molecule has 2 unspecified atom stereocenters. The van der Waals surface area contributed by atoms with Gasteiger partial charge in [-0.2, -0.15) is 13.2 Å². The van der Waals surface area contributed by atoms with Crippen molar-refractivity contribution in [1.82, 2.24) is 4.98 Å². The predicted molar refractivity (Wildman–Crippen MR) is 114 cm³/mol. The summed E-state index contributed by atoms with van der Waals surface area (Å²) in [7, 11) is 0. The Morgan fingerprint density at radius 3 is 2.55 bits per heavy atom. The zero-order chi connectivity index (χ0) is 24.4. The summed E-state index contributed by atoms with van der Waals surface area (Å²) in [4.78, 5) is 34.5. The van der Waals surface area contributed by atoms with Crippen LogP contribution in [0.3, 0.4) is 0 Å². The maximum atomic E-state index is 13.2. The van der Waals surface area contributed by atoms with Gasteiger partial charge in [-0.1, -0.05) is 19.9 Å². The quantitative estimate of drug-likeness (QED) is 0.487. The molecule has 0 saturated heterocycles. The van der Waals surface area contributed by atoms with E-state index in [1.807, 2.05) is 13.8 Å². The number of esters is 1. The number of alkyl halides is 3. The average Bonchev–Trinajstić information content (AvgIpc) is 2.71. The Morgan fingerprint density at radius 2 is 1.97 bits per heavy atom. The lowest BCUT2D eigenvalue weighted by Gasteiger charge is -2.41. The van der Waals surface area contributed by atoms with Crippen molar-refractivity contribution >= 4 is 17.5 Å². The minimum atomic E-state index is -4.61. The van der Waals surface area contributed by atoms with E-state index < -0.39 is 29.7 Å². The van der Waals surface area contributed by atoms with Crippen LogP contribution in [0.25, 0.3) is 0 Å². The molecule has 0 spiro atoms. The van der Waals surface area contributed by atoms with E-state index in [-0.39, 0.29) is 49.6 Å². The lowest BCUT2D eigenvalue weighted by Crippen LogP contribution is -2.44. The fraction of sp³-hybridized carbons (Fsp3) is 0.565. The Balaban J connectivity index is 2.17. The molecule has 1 aromatic heterocycles. The summed E-state index contributed by atoms with van der Waals surface area (Å²) in [6, 6.07) is 2.11. The van der Waals surface area contributed by atoms with E-state index in [9.17, 15) is 22.8 Å². The molecule has 2 aliphatic rings. The minimum Gasteiger partial charge on any atom is -0.463 e.